The molecule has 1 atom stereocenters. The Kier molecular flexibility index (Phi) is 3.10. The summed E-state index contributed by atoms with van der Waals surface area (Å²) < 4.78 is 32.7. The topological polar surface area (TPSA) is 63.6 Å². The summed E-state index contributed by atoms with van der Waals surface area (Å²) in [5.74, 6) is -0.455. The molecule has 0 spiro atoms. The molecule has 5 heteroatoms. The lowest BCUT2D eigenvalue weighted by molar-refractivity contribution is 0.154. The fourth-order valence-corrected chi connectivity index (χ4v) is 0.909. The van der Waals surface area contributed by atoms with Crippen LogP contribution in [0.3, 0.4) is 0 Å². The van der Waals surface area contributed by atoms with Gasteiger partial charge < -0.3 is 4.74 Å². The number of hydrogen-bond donors (Lipinski definition) is 1. The molecule has 0 aromatic heterocycles. The molecule has 0 bridgehead atoms. The van der Waals surface area contributed by atoms with Crippen molar-refractivity contribution in [2.45, 2.75) is 6.10 Å². The van der Waals surface area contributed by atoms with Crippen LogP contribution in [-0.2, 0) is 14.9 Å². The van der Waals surface area contributed by atoms with Crippen molar-refractivity contribution in [3.05, 3.63) is 6.92 Å². The van der Waals surface area contributed by atoms with Crippen molar-refractivity contribution in [2.24, 2.45) is 0 Å². The van der Waals surface area contributed by atoms with Gasteiger partial charge in [0.1, 0.15) is 5.75 Å². The summed E-state index contributed by atoms with van der Waals surface area (Å²) >= 11 is 0. The first-order chi connectivity index (χ1) is 3.95. The van der Waals surface area contributed by atoms with Gasteiger partial charge in [-0.15, -0.1) is 0 Å². The zero-order valence-corrected chi connectivity index (χ0v) is 5.89. The van der Waals surface area contributed by atoms with Crippen LogP contribution in [0.2, 0.25) is 0 Å². The maximum atomic E-state index is 10.0. The number of hydrogen-bond acceptors (Lipinski definition) is 3. The molecule has 0 aliphatic carbocycles. The minimum absolute atomic E-state index is 0.455. The highest BCUT2D eigenvalue weighted by atomic mass is 32.2. The number of rotatable bonds is 3. The van der Waals surface area contributed by atoms with E-state index in [1.807, 2.05) is 0 Å². The van der Waals surface area contributed by atoms with Gasteiger partial charge in [-0.25, -0.2) is 0 Å². The SMILES string of the molecule is [CH2]C(CS(=O)(=O)O)OC. The first-order valence-corrected chi connectivity index (χ1v) is 3.87. The van der Waals surface area contributed by atoms with Gasteiger partial charge >= 0.3 is 0 Å². The Morgan fingerprint density at radius 3 is 2.33 bits per heavy atom. The van der Waals surface area contributed by atoms with E-state index in [1.54, 1.807) is 0 Å². The molecule has 1 radical (unpaired) electrons. The molecule has 0 rings (SSSR count). The van der Waals surface area contributed by atoms with E-state index in [0.717, 1.165) is 0 Å². The monoisotopic (exact) mass is 153 g/mol. The molecule has 55 valence electrons. The average Bonchev–Trinajstić information content (AvgIpc) is 1.62. The normalized spacial score (nSPS) is 15.4. The maximum Gasteiger partial charge on any atom is 0.267 e. The predicted molar refractivity (Wildman–Crippen MR) is 32.6 cm³/mol. The van der Waals surface area contributed by atoms with E-state index in [0.29, 0.717) is 0 Å². The minimum Gasteiger partial charge on any atom is -0.380 e. The quantitative estimate of drug-likeness (QED) is 0.566. The Morgan fingerprint density at radius 1 is 1.78 bits per heavy atom. The summed E-state index contributed by atoms with van der Waals surface area (Å²) in [4.78, 5) is 0. The Hall–Kier alpha value is -0.130. The zero-order chi connectivity index (χ0) is 7.49. The lowest BCUT2D eigenvalue weighted by atomic mass is 10.5. The van der Waals surface area contributed by atoms with E-state index in [2.05, 4.69) is 11.7 Å². The average molecular weight is 153 g/mol. The van der Waals surface area contributed by atoms with Crippen molar-refractivity contribution >= 4 is 10.1 Å². The molecule has 0 fully saturated rings. The van der Waals surface area contributed by atoms with Gasteiger partial charge in [-0.3, -0.25) is 4.55 Å². The molecule has 9 heavy (non-hydrogen) atoms. The molecule has 0 heterocycles. The Morgan fingerprint density at radius 2 is 2.22 bits per heavy atom. The molecule has 0 aliphatic heterocycles. The summed E-state index contributed by atoms with van der Waals surface area (Å²) in [7, 11) is -2.60. The summed E-state index contributed by atoms with van der Waals surface area (Å²) in [5, 5.41) is 0. The Labute approximate surface area is 54.6 Å². The third-order valence-electron chi connectivity index (χ3n) is 0.730. The highest BCUT2D eigenvalue weighted by Crippen LogP contribution is 1.91. The molecule has 0 aliphatic rings. The van der Waals surface area contributed by atoms with Crippen LogP contribution in [0, 0.1) is 6.92 Å². The molecule has 4 nitrogen and oxygen atoms in total. The van der Waals surface area contributed by atoms with Crippen LogP contribution in [0.4, 0.5) is 0 Å². The lowest BCUT2D eigenvalue weighted by Gasteiger charge is -2.04. The fraction of sp³-hybridized carbons (Fsp3) is 0.750. The van der Waals surface area contributed by atoms with Crippen LogP contribution in [0.25, 0.3) is 0 Å². The minimum atomic E-state index is -3.92. The van der Waals surface area contributed by atoms with Crippen LogP contribution in [0.1, 0.15) is 0 Å². The highest BCUT2D eigenvalue weighted by molar-refractivity contribution is 7.85. The van der Waals surface area contributed by atoms with Gasteiger partial charge in [-0.1, -0.05) is 0 Å². The van der Waals surface area contributed by atoms with Crippen molar-refractivity contribution in [1.29, 1.82) is 0 Å². The van der Waals surface area contributed by atoms with Gasteiger partial charge in [0.05, 0.1) is 6.10 Å². The second-order valence-electron chi connectivity index (χ2n) is 1.61. The van der Waals surface area contributed by atoms with Gasteiger partial charge in [0.15, 0.2) is 0 Å². The summed E-state index contributed by atoms with van der Waals surface area (Å²) in [6.07, 6.45) is -0.694. The zero-order valence-electron chi connectivity index (χ0n) is 5.07. The van der Waals surface area contributed by atoms with Crippen molar-refractivity contribution < 1.29 is 17.7 Å². The van der Waals surface area contributed by atoms with E-state index < -0.39 is 22.0 Å². The molecule has 0 saturated heterocycles. The highest BCUT2D eigenvalue weighted by Gasteiger charge is 2.10. The van der Waals surface area contributed by atoms with Crippen LogP contribution < -0.4 is 0 Å². The van der Waals surface area contributed by atoms with Crippen LogP contribution in [0.5, 0.6) is 0 Å². The molecule has 1 N–H and O–H groups in total. The second kappa shape index (κ2) is 3.14. The summed E-state index contributed by atoms with van der Waals surface area (Å²) in [5.41, 5.74) is 0. The van der Waals surface area contributed by atoms with E-state index in [9.17, 15) is 8.42 Å². The molecular formula is C4H9O4S. The van der Waals surface area contributed by atoms with Gasteiger partial charge in [0.25, 0.3) is 10.1 Å². The van der Waals surface area contributed by atoms with Crippen molar-refractivity contribution in [2.75, 3.05) is 12.9 Å². The smallest absolute Gasteiger partial charge is 0.267 e. The predicted octanol–water partition coefficient (Wildman–Crippen LogP) is -0.277. The van der Waals surface area contributed by atoms with E-state index in [1.165, 1.54) is 7.11 Å². The van der Waals surface area contributed by atoms with E-state index >= 15 is 0 Å². The number of methoxy groups -OCH3 is 1. The Balaban J connectivity index is 3.75. The van der Waals surface area contributed by atoms with Gasteiger partial charge in [-0.05, 0) is 6.92 Å². The molecule has 0 saturated carbocycles. The van der Waals surface area contributed by atoms with Crippen LogP contribution in [0.15, 0.2) is 0 Å². The largest absolute Gasteiger partial charge is 0.380 e. The van der Waals surface area contributed by atoms with E-state index in [-0.39, 0.29) is 0 Å². The third kappa shape index (κ3) is 5.75. The van der Waals surface area contributed by atoms with Gasteiger partial charge in [0.2, 0.25) is 0 Å². The van der Waals surface area contributed by atoms with Crippen LogP contribution >= 0.6 is 0 Å². The van der Waals surface area contributed by atoms with Gasteiger partial charge in [-0.2, -0.15) is 8.42 Å². The summed E-state index contributed by atoms with van der Waals surface area (Å²) in [6, 6.07) is 0. The van der Waals surface area contributed by atoms with Crippen molar-refractivity contribution in [3.63, 3.8) is 0 Å². The molecule has 1 unspecified atom stereocenters. The van der Waals surface area contributed by atoms with Gasteiger partial charge in [0, 0.05) is 7.11 Å². The standard InChI is InChI=1S/C4H9O4S/c1-4(8-2)3-9(5,6)7/h4H,1,3H2,2H3,(H,5,6,7). The molecular weight excluding hydrogens is 144 g/mol. The summed E-state index contributed by atoms with van der Waals surface area (Å²) in [6.45, 7) is 3.28. The first-order valence-electron chi connectivity index (χ1n) is 2.27. The molecule has 0 amide bonds. The Bertz CT molecular complexity index is 159. The maximum absolute atomic E-state index is 10.0. The lowest BCUT2D eigenvalue weighted by Crippen LogP contribution is -2.18. The fourth-order valence-electron chi connectivity index (χ4n) is 0.303. The second-order valence-corrected chi connectivity index (χ2v) is 3.10. The van der Waals surface area contributed by atoms with Crippen molar-refractivity contribution in [3.8, 4) is 0 Å². The molecule has 0 aromatic rings. The van der Waals surface area contributed by atoms with E-state index in [4.69, 9.17) is 4.55 Å². The third-order valence-corrected chi connectivity index (χ3v) is 1.52. The van der Waals surface area contributed by atoms with Crippen LogP contribution in [-0.4, -0.2) is 31.9 Å². The molecule has 0 aromatic carbocycles. The first kappa shape index (κ1) is 8.87. The number of ether oxygens (including phenoxy) is 1. The van der Waals surface area contributed by atoms with Crippen molar-refractivity contribution in [1.82, 2.24) is 0 Å².